The quantitative estimate of drug-likeness (QED) is 0.782. The van der Waals surface area contributed by atoms with Gasteiger partial charge in [-0.25, -0.2) is 0 Å². The zero-order valence-corrected chi connectivity index (χ0v) is 10.1. The summed E-state index contributed by atoms with van der Waals surface area (Å²) in [5, 5.41) is 3.20. The summed E-state index contributed by atoms with van der Waals surface area (Å²) >= 11 is 0. The maximum atomic E-state index is 12.3. The van der Waals surface area contributed by atoms with Crippen molar-refractivity contribution < 1.29 is 9.59 Å². The first-order valence-corrected chi connectivity index (χ1v) is 6.34. The van der Waals surface area contributed by atoms with Crippen molar-refractivity contribution in [2.45, 2.75) is 13.0 Å². The van der Waals surface area contributed by atoms with E-state index >= 15 is 0 Å². The van der Waals surface area contributed by atoms with Gasteiger partial charge in [0.25, 0.3) is 0 Å². The van der Waals surface area contributed by atoms with Crippen LogP contribution < -0.4 is 5.32 Å². The second-order valence-corrected chi connectivity index (χ2v) is 5.03. The molecule has 0 aromatic heterocycles. The topological polar surface area (TPSA) is 49.4 Å². The molecule has 1 aromatic carbocycles. The zero-order valence-electron chi connectivity index (χ0n) is 10.1. The minimum Gasteiger partial charge on any atom is -0.316 e. The number of carbonyl (C=O) groups excluding carboxylic acids is 2. The molecule has 0 saturated carbocycles. The number of benzene rings is 1. The molecule has 0 spiro atoms. The Morgan fingerprint density at radius 1 is 1.17 bits per heavy atom. The number of imide groups is 1. The molecule has 2 fully saturated rings. The number of carbonyl (C=O) groups is 2. The summed E-state index contributed by atoms with van der Waals surface area (Å²) in [5.74, 6) is 0.155. The Morgan fingerprint density at radius 2 is 1.94 bits per heavy atom. The van der Waals surface area contributed by atoms with E-state index in [0.29, 0.717) is 19.5 Å². The van der Waals surface area contributed by atoms with Crippen molar-refractivity contribution >= 4 is 11.8 Å². The monoisotopic (exact) mass is 244 g/mol. The van der Waals surface area contributed by atoms with Crippen LogP contribution in [0.1, 0.15) is 12.0 Å². The van der Waals surface area contributed by atoms with Crippen LogP contribution in [-0.4, -0.2) is 29.8 Å². The van der Waals surface area contributed by atoms with Gasteiger partial charge in [-0.05, 0) is 18.0 Å². The molecule has 4 heteroatoms. The highest BCUT2D eigenvalue weighted by Gasteiger charge is 2.43. The van der Waals surface area contributed by atoms with Crippen molar-refractivity contribution in [1.82, 2.24) is 10.2 Å². The second kappa shape index (κ2) is 4.53. The molecule has 94 valence electrons. The van der Waals surface area contributed by atoms with E-state index in [2.05, 4.69) is 5.32 Å². The second-order valence-electron chi connectivity index (χ2n) is 5.03. The van der Waals surface area contributed by atoms with Crippen molar-refractivity contribution in [3.63, 3.8) is 0 Å². The lowest BCUT2D eigenvalue weighted by Crippen LogP contribution is -2.48. The highest BCUT2D eigenvalue weighted by atomic mass is 16.2. The number of likely N-dealkylation sites (tertiary alicyclic amines) is 1. The smallest absolute Gasteiger partial charge is 0.234 e. The van der Waals surface area contributed by atoms with E-state index in [1.165, 1.54) is 4.90 Å². The summed E-state index contributed by atoms with van der Waals surface area (Å²) in [5.41, 5.74) is 1.00. The van der Waals surface area contributed by atoms with Gasteiger partial charge < -0.3 is 5.32 Å². The van der Waals surface area contributed by atoms with Crippen molar-refractivity contribution in [2.24, 2.45) is 11.8 Å². The third-order valence-electron chi connectivity index (χ3n) is 3.84. The fraction of sp³-hybridized carbons (Fsp3) is 0.429. The van der Waals surface area contributed by atoms with Gasteiger partial charge in [0, 0.05) is 13.0 Å². The Bertz CT molecular complexity index is 472. The Kier molecular flexibility index (Phi) is 2.88. The van der Waals surface area contributed by atoms with E-state index in [1.54, 1.807) is 0 Å². The molecular weight excluding hydrogens is 228 g/mol. The van der Waals surface area contributed by atoms with Crippen molar-refractivity contribution in [2.75, 3.05) is 13.1 Å². The van der Waals surface area contributed by atoms with Gasteiger partial charge in [-0.15, -0.1) is 0 Å². The zero-order chi connectivity index (χ0) is 12.5. The van der Waals surface area contributed by atoms with Crippen molar-refractivity contribution in [1.29, 1.82) is 0 Å². The number of nitrogens with one attached hydrogen (secondary N) is 1. The Hall–Kier alpha value is -1.68. The van der Waals surface area contributed by atoms with Gasteiger partial charge in [0.05, 0.1) is 12.5 Å². The first-order valence-electron chi connectivity index (χ1n) is 6.34. The summed E-state index contributed by atoms with van der Waals surface area (Å²) in [7, 11) is 0. The van der Waals surface area contributed by atoms with Crippen LogP contribution in [0.3, 0.4) is 0 Å². The Labute approximate surface area is 106 Å². The first-order chi connectivity index (χ1) is 8.75. The lowest BCUT2D eigenvalue weighted by molar-refractivity contribution is -0.153. The molecule has 0 radical (unpaired) electrons. The van der Waals surface area contributed by atoms with Crippen LogP contribution in [0.5, 0.6) is 0 Å². The normalized spacial score (nSPS) is 27.4. The van der Waals surface area contributed by atoms with Gasteiger partial charge >= 0.3 is 0 Å². The van der Waals surface area contributed by atoms with Gasteiger partial charge in [0.1, 0.15) is 0 Å². The van der Waals surface area contributed by atoms with Crippen LogP contribution in [-0.2, 0) is 16.1 Å². The molecule has 4 nitrogen and oxygen atoms in total. The third kappa shape index (κ3) is 1.93. The molecule has 18 heavy (non-hydrogen) atoms. The fourth-order valence-corrected chi connectivity index (χ4v) is 2.83. The molecule has 2 atom stereocenters. The summed E-state index contributed by atoms with van der Waals surface area (Å²) in [6, 6.07) is 9.67. The predicted octanol–water partition coefficient (Wildman–Crippen LogP) is 0.781. The molecule has 0 bridgehead atoms. The molecule has 2 aliphatic heterocycles. The number of hydrogen-bond donors (Lipinski definition) is 1. The highest BCUT2D eigenvalue weighted by molar-refractivity contribution is 5.99. The number of hydrogen-bond acceptors (Lipinski definition) is 3. The molecule has 2 unspecified atom stereocenters. The van der Waals surface area contributed by atoms with Crippen LogP contribution in [0, 0.1) is 11.8 Å². The molecule has 2 amide bonds. The molecule has 1 aromatic rings. The number of amides is 2. The molecular formula is C14H16N2O2. The van der Waals surface area contributed by atoms with Gasteiger partial charge in [-0.3, -0.25) is 14.5 Å². The predicted molar refractivity (Wildman–Crippen MR) is 66.5 cm³/mol. The summed E-state index contributed by atoms with van der Waals surface area (Å²) in [6.07, 6.45) is 0.496. The van der Waals surface area contributed by atoms with Crippen LogP contribution in [0.4, 0.5) is 0 Å². The summed E-state index contributed by atoms with van der Waals surface area (Å²) in [4.78, 5) is 25.7. The van der Waals surface area contributed by atoms with Crippen molar-refractivity contribution in [3.8, 4) is 0 Å². The molecule has 3 rings (SSSR count). The van der Waals surface area contributed by atoms with E-state index < -0.39 is 0 Å². The fourth-order valence-electron chi connectivity index (χ4n) is 2.83. The Balaban J connectivity index is 1.79. The van der Waals surface area contributed by atoms with Crippen LogP contribution >= 0.6 is 0 Å². The molecule has 2 heterocycles. The number of rotatable bonds is 2. The van der Waals surface area contributed by atoms with Gasteiger partial charge in [0.15, 0.2) is 0 Å². The maximum absolute atomic E-state index is 12.3. The molecule has 0 aliphatic carbocycles. The number of nitrogens with zero attached hydrogens (tertiary/aromatic N) is 1. The number of piperidine rings is 1. The third-order valence-corrected chi connectivity index (χ3v) is 3.84. The van der Waals surface area contributed by atoms with E-state index in [-0.39, 0.29) is 23.7 Å². The first kappa shape index (κ1) is 11.4. The number of fused-ring (bicyclic) bond motifs is 1. The van der Waals surface area contributed by atoms with Gasteiger partial charge in [-0.1, -0.05) is 30.3 Å². The van der Waals surface area contributed by atoms with Gasteiger partial charge in [-0.2, -0.15) is 0 Å². The van der Waals surface area contributed by atoms with E-state index in [0.717, 1.165) is 12.1 Å². The van der Waals surface area contributed by atoms with E-state index in [4.69, 9.17) is 0 Å². The SMILES string of the molecule is O=C1CC2CNCC2C(=O)N1Cc1ccccc1. The maximum Gasteiger partial charge on any atom is 0.234 e. The standard InChI is InChI=1S/C14H16N2O2/c17-13-6-11-7-15-8-12(11)14(18)16(13)9-10-4-2-1-3-5-10/h1-5,11-12,15H,6-9H2. The van der Waals surface area contributed by atoms with E-state index in [1.807, 2.05) is 30.3 Å². The van der Waals surface area contributed by atoms with E-state index in [9.17, 15) is 9.59 Å². The average molecular weight is 244 g/mol. The molecule has 2 saturated heterocycles. The van der Waals surface area contributed by atoms with Crippen LogP contribution in [0.15, 0.2) is 30.3 Å². The average Bonchev–Trinajstić information content (AvgIpc) is 2.84. The van der Waals surface area contributed by atoms with Crippen LogP contribution in [0.2, 0.25) is 0 Å². The minimum atomic E-state index is -0.0335. The summed E-state index contributed by atoms with van der Waals surface area (Å²) < 4.78 is 0. The highest BCUT2D eigenvalue weighted by Crippen LogP contribution is 2.29. The van der Waals surface area contributed by atoms with Gasteiger partial charge in [0.2, 0.25) is 11.8 Å². The van der Waals surface area contributed by atoms with Crippen molar-refractivity contribution in [3.05, 3.63) is 35.9 Å². The largest absolute Gasteiger partial charge is 0.316 e. The summed E-state index contributed by atoms with van der Waals surface area (Å²) in [6.45, 7) is 1.91. The van der Waals surface area contributed by atoms with Crippen LogP contribution in [0.25, 0.3) is 0 Å². The molecule has 1 N–H and O–H groups in total. The lowest BCUT2D eigenvalue weighted by Gasteiger charge is -2.32. The molecule has 2 aliphatic rings. The minimum absolute atomic E-state index is 0.00795. The Morgan fingerprint density at radius 3 is 2.72 bits per heavy atom. The lowest BCUT2D eigenvalue weighted by atomic mass is 9.87.